The molecule has 0 unspecified atom stereocenters. The van der Waals surface area contributed by atoms with Crippen molar-refractivity contribution in [2.24, 2.45) is 0 Å². The third-order valence-corrected chi connectivity index (χ3v) is 17.3. The summed E-state index contributed by atoms with van der Waals surface area (Å²) in [5.41, 5.74) is 9.62. The zero-order valence-electron chi connectivity index (χ0n) is 20.8. The van der Waals surface area contributed by atoms with Crippen LogP contribution in [0, 0.1) is 0 Å². The Morgan fingerprint density at radius 2 is 1.26 bits per heavy atom. The van der Waals surface area contributed by atoms with E-state index in [0.29, 0.717) is 0 Å². The molecule has 1 N–H and O–H groups in total. The third kappa shape index (κ3) is 2.04. The van der Waals surface area contributed by atoms with E-state index in [-0.39, 0.29) is 6.71 Å². The predicted octanol–water partition coefficient (Wildman–Crippen LogP) is 3.69. The van der Waals surface area contributed by atoms with Crippen molar-refractivity contribution in [2.75, 3.05) is 5.09 Å². The van der Waals surface area contributed by atoms with E-state index in [4.69, 9.17) is 0 Å². The maximum atomic E-state index is 4.26. The van der Waals surface area contributed by atoms with Crippen LogP contribution in [0.2, 0.25) is 0 Å². The van der Waals surface area contributed by atoms with Gasteiger partial charge in [0.25, 0.3) is 0 Å². The average molecular weight is 495 g/mol. The summed E-state index contributed by atoms with van der Waals surface area (Å²) < 4.78 is 2.52. The number of aromatic nitrogens is 1. The minimum absolute atomic E-state index is 0.221. The first kappa shape index (κ1) is 20.4. The van der Waals surface area contributed by atoms with Crippen molar-refractivity contribution < 1.29 is 0 Å². The van der Waals surface area contributed by atoms with Gasteiger partial charge in [-0.15, -0.1) is 0 Å². The van der Waals surface area contributed by atoms with Crippen LogP contribution in [0.15, 0.2) is 121 Å². The molecule has 0 aliphatic carbocycles. The van der Waals surface area contributed by atoms with Crippen LogP contribution in [0.4, 0.5) is 5.69 Å². The second-order valence-corrected chi connectivity index (χ2v) is 16.8. The molecule has 0 spiro atoms. The van der Waals surface area contributed by atoms with E-state index in [0.717, 1.165) is 18.6 Å². The second kappa shape index (κ2) is 6.53. The van der Waals surface area contributed by atoms with Gasteiger partial charge in [0.1, 0.15) is 0 Å². The van der Waals surface area contributed by atoms with E-state index >= 15 is 0 Å². The Balaban J connectivity index is 1.27. The molecule has 4 saturated heterocycles. The Bertz CT molecular complexity index is 1980. The Kier molecular flexibility index (Phi) is 3.51. The molecule has 0 saturated carbocycles. The average Bonchev–Trinajstić information content (AvgIpc) is 3.54. The first-order valence-electron chi connectivity index (χ1n) is 13.7. The van der Waals surface area contributed by atoms with E-state index in [2.05, 4.69) is 138 Å². The van der Waals surface area contributed by atoms with Gasteiger partial charge in [-0.1, -0.05) is 0 Å². The number of benzene rings is 5. The summed E-state index contributed by atoms with van der Waals surface area (Å²) in [5.74, 6) is 0. The summed E-state index contributed by atoms with van der Waals surface area (Å²) in [7, 11) is 2.63. The van der Waals surface area contributed by atoms with Crippen LogP contribution in [0.3, 0.4) is 0 Å². The van der Waals surface area contributed by atoms with Gasteiger partial charge in [0.2, 0.25) is 0 Å². The quantitative estimate of drug-likeness (QED) is 0.292. The molecule has 2 bridgehead atoms. The molecule has 11 rings (SSSR count). The Morgan fingerprint density at radius 3 is 2.08 bits per heavy atom. The number of nitrogens with one attached hydrogen (secondary N) is 1. The fraction of sp³-hybridized carbons (Fsp3) is 0. The van der Waals surface area contributed by atoms with Gasteiger partial charge in [0.05, 0.1) is 0 Å². The molecule has 0 amide bonds. The van der Waals surface area contributed by atoms with E-state index in [1.54, 1.807) is 5.30 Å². The molecule has 5 aliphatic heterocycles. The predicted molar refractivity (Wildman–Crippen MR) is 172 cm³/mol. The fourth-order valence-corrected chi connectivity index (χ4v) is 16.9. The topological polar surface area (TPSA) is 17.0 Å². The van der Waals surface area contributed by atoms with Crippen molar-refractivity contribution in [1.29, 1.82) is 0 Å². The Labute approximate surface area is 224 Å². The fourth-order valence-electron chi connectivity index (χ4n) is 8.62. The molecule has 4 fully saturated rings. The van der Waals surface area contributed by atoms with Crippen LogP contribution in [-0.4, -0.2) is 37.0 Å². The van der Waals surface area contributed by atoms with Gasteiger partial charge >= 0.3 is 225 Å². The molecule has 5 aromatic carbocycles. The zero-order valence-corrected chi connectivity index (χ0v) is 21.7. The van der Waals surface area contributed by atoms with Gasteiger partial charge < -0.3 is 0 Å². The zero-order chi connectivity index (χ0) is 24.7. The molecule has 1 aromatic heterocycles. The summed E-state index contributed by atoms with van der Waals surface area (Å²) >= 11 is 0. The number of hydrogen-bond donors (Lipinski definition) is 1. The standard InChI is InChI=1S/C30H21B5N2P/c1-2-11-21(12-3-1)36-38(33-31-34(38)35(33)38)29-20-9-6-16-25(29)32-24-15-5-8-19-28(24)37-27-18-7-4-13-22(27)23-14-10-17-26(32)30(23)37/h1-20,36H/q-1. The van der Waals surface area contributed by atoms with Gasteiger partial charge in [-0.2, -0.15) is 0 Å². The van der Waals surface area contributed by atoms with Crippen molar-refractivity contribution in [3.8, 4) is 5.69 Å². The van der Waals surface area contributed by atoms with Gasteiger partial charge in [-0.3, -0.25) is 0 Å². The van der Waals surface area contributed by atoms with Crippen LogP contribution >= 0.6 is 6.39 Å². The van der Waals surface area contributed by atoms with Crippen molar-refractivity contribution in [1.82, 2.24) is 4.57 Å². The molecule has 5 aliphatic rings. The molecule has 172 valence electrons. The summed E-state index contributed by atoms with van der Waals surface area (Å²) in [4.78, 5) is 0. The molecular weight excluding hydrogens is 473 g/mol. The molecule has 2 radical (unpaired) electrons. The van der Waals surface area contributed by atoms with Gasteiger partial charge in [0.15, 0.2) is 0 Å². The molecule has 2 nitrogen and oxygen atoms in total. The number of anilines is 1. The molecule has 6 aromatic rings. The molecule has 0 atom stereocenters. The van der Waals surface area contributed by atoms with E-state index in [1.807, 2.05) is 0 Å². The molecule has 38 heavy (non-hydrogen) atoms. The van der Waals surface area contributed by atoms with Crippen molar-refractivity contribution >= 4 is 88.0 Å². The SMILES string of the molecule is [B-]1B2B3B1P23(Nc1ccccc1)c1ccccc1B1c2ccccc2-n2c3ccccc3c3cccc1c32. The maximum absolute atomic E-state index is 4.26. The number of fused-ring (bicyclic) bond motifs is 5. The van der Waals surface area contributed by atoms with Crippen LogP contribution in [0.5, 0.6) is 0 Å². The summed E-state index contributed by atoms with van der Waals surface area (Å²) in [6, 6.07) is 45.4. The first-order valence-corrected chi connectivity index (χ1v) is 16.2. The van der Waals surface area contributed by atoms with Crippen molar-refractivity contribution in [3.63, 3.8) is 0 Å². The second-order valence-electron chi connectivity index (χ2n) is 11.6. The summed E-state index contributed by atoms with van der Waals surface area (Å²) in [5, 5.41) is 8.58. The van der Waals surface area contributed by atoms with Crippen molar-refractivity contribution in [2.45, 2.75) is 0 Å². The summed E-state index contributed by atoms with van der Waals surface area (Å²) in [6.45, 7) is 0.221. The number of para-hydroxylation sites is 4. The number of nitrogens with zero attached hydrogens (tertiary/aromatic N) is 1. The van der Waals surface area contributed by atoms with Crippen LogP contribution < -0.4 is 26.8 Å². The van der Waals surface area contributed by atoms with Crippen LogP contribution in [0.1, 0.15) is 0 Å². The molecule has 6 heterocycles. The van der Waals surface area contributed by atoms with Gasteiger partial charge in [0, 0.05) is 0 Å². The summed E-state index contributed by atoms with van der Waals surface area (Å²) in [6.07, 6.45) is 0.183. The van der Waals surface area contributed by atoms with Crippen LogP contribution in [-0.2, 0) is 0 Å². The Hall–Kier alpha value is -3.55. The normalized spacial score (nSPS) is 19.3. The van der Waals surface area contributed by atoms with Gasteiger partial charge in [-0.05, 0) is 0 Å². The van der Waals surface area contributed by atoms with E-state index in [9.17, 15) is 0 Å². The van der Waals surface area contributed by atoms with Crippen molar-refractivity contribution in [3.05, 3.63) is 121 Å². The monoisotopic (exact) mass is 495 g/mol. The molecular formula is C30H21B5N2P-. The minimum atomic E-state index is -2.18. The van der Waals surface area contributed by atoms with Crippen LogP contribution in [0.25, 0.3) is 27.5 Å². The van der Waals surface area contributed by atoms with E-state index < -0.39 is 6.39 Å². The number of hydrogen-bond acceptors (Lipinski definition) is 1. The third-order valence-electron chi connectivity index (χ3n) is 10.3. The number of rotatable bonds is 4. The first-order chi connectivity index (χ1) is 18.8. The van der Waals surface area contributed by atoms with E-state index in [1.165, 1.54) is 49.6 Å². The molecule has 8 heteroatoms. The Morgan fingerprint density at radius 1 is 0.605 bits per heavy atom. The van der Waals surface area contributed by atoms with Gasteiger partial charge in [-0.25, -0.2) is 0 Å².